The first-order chi connectivity index (χ1) is 15.0. The Bertz CT molecular complexity index is 509. The summed E-state index contributed by atoms with van der Waals surface area (Å²) in [7, 11) is 3.72. The predicted molar refractivity (Wildman–Crippen MR) is 136 cm³/mol. The molecule has 182 valence electrons. The average molecular weight is 438 g/mol. The molecule has 31 heavy (non-hydrogen) atoms. The van der Waals surface area contributed by atoms with Crippen molar-refractivity contribution in [1.29, 1.82) is 0 Å². The van der Waals surface area contributed by atoms with Gasteiger partial charge in [-0.3, -0.25) is 4.79 Å². The molecule has 1 heterocycles. The van der Waals surface area contributed by atoms with E-state index in [1.807, 2.05) is 33.9 Å². The third-order valence-corrected chi connectivity index (χ3v) is 5.59. The SMILES string of the molecule is C=C.CC.CCCC(/C=C\COC)=C1/C(C)OC(C(=O)CC)C1C.CNCC1CCC1. The maximum absolute atomic E-state index is 12.0. The van der Waals surface area contributed by atoms with Gasteiger partial charge in [-0.05, 0) is 56.8 Å². The highest BCUT2D eigenvalue weighted by Gasteiger charge is 2.39. The number of ketones is 1. The van der Waals surface area contributed by atoms with Crippen LogP contribution in [0.4, 0.5) is 0 Å². The Morgan fingerprint density at radius 2 is 1.84 bits per heavy atom. The van der Waals surface area contributed by atoms with Crippen molar-refractivity contribution in [1.82, 2.24) is 5.32 Å². The van der Waals surface area contributed by atoms with Crippen LogP contribution in [-0.2, 0) is 14.3 Å². The Morgan fingerprint density at radius 1 is 1.23 bits per heavy atom. The molecule has 4 heteroatoms. The van der Waals surface area contributed by atoms with Crippen molar-refractivity contribution in [3.63, 3.8) is 0 Å². The number of nitrogens with one attached hydrogen (secondary N) is 1. The van der Waals surface area contributed by atoms with E-state index in [2.05, 4.69) is 45.3 Å². The third-order valence-electron chi connectivity index (χ3n) is 5.59. The van der Waals surface area contributed by atoms with E-state index in [9.17, 15) is 4.79 Å². The van der Waals surface area contributed by atoms with E-state index in [1.165, 1.54) is 37.0 Å². The van der Waals surface area contributed by atoms with Crippen molar-refractivity contribution >= 4 is 5.78 Å². The van der Waals surface area contributed by atoms with E-state index in [4.69, 9.17) is 9.47 Å². The van der Waals surface area contributed by atoms with Gasteiger partial charge in [-0.1, -0.05) is 59.6 Å². The highest BCUT2D eigenvalue weighted by Crippen LogP contribution is 2.36. The summed E-state index contributed by atoms with van der Waals surface area (Å²) in [5.41, 5.74) is 2.59. The van der Waals surface area contributed by atoms with E-state index in [1.54, 1.807) is 7.11 Å². The zero-order chi connectivity index (χ0) is 24.2. The summed E-state index contributed by atoms with van der Waals surface area (Å²) in [4.78, 5) is 12.0. The second kappa shape index (κ2) is 20.7. The molecule has 2 rings (SSSR count). The van der Waals surface area contributed by atoms with Gasteiger partial charge in [-0.25, -0.2) is 0 Å². The molecule has 0 aromatic heterocycles. The van der Waals surface area contributed by atoms with Gasteiger partial charge >= 0.3 is 0 Å². The summed E-state index contributed by atoms with van der Waals surface area (Å²) in [6.07, 6.45) is 10.9. The van der Waals surface area contributed by atoms with Crippen LogP contribution in [0.15, 0.2) is 36.5 Å². The number of ether oxygens (including phenoxy) is 2. The summed E-state index contributed by atoms with van der Waals surface area (Å²) in [6.45, 7) is 20.1. The van der Waals surface area contributed by atoms with Gasteiger partial charge < -0.3 is 14.8 Å². The summed E-state index contributed by atoms with van der Waals surface area (Å²) in [6, 6.07) is 0. The Morgan fingerprint density at radius 3 is 2.23 bits per heavy atom. The summed E-state index contributed by atoms with van der Waals surface area (Å²) >= 11 is 0. The van der Waals surface area contributed by atoms with Crippen molar-refractivity contribution in [3.05, 3.63) is 36.5 Å². The number of allylic oxidation sites excluding steroid dienone is 2. The lowest BCUT2D eigenvalue weighted by Gasteiger charge is -2.24. The summed E-state index contributed by atoms with van der Waals surface area (Å²) in [5, 5.41) is 3.17. The van der Waals surface area contributed by atoms with Crippen LogP contribution < -0.4 is 5.32 Å². The first-order valence-corrected chi connectivity index (χ1v) is 12.2. The topological polar surface area (TPSA) is 47.6 Å². The van der Waals surface area contributed by atoms with Crippen LogP contribution >= 0.6 is 0 Å². The largest absolute Gasteiger partial charge is 0.381 e. The van der Waals surface area contributed by atoms with Crippen molar-refractivity contribution < 1.29 is 14.3 Å². The molecule has 0 amide bonds. The Balaban J connectivity index is 0. The highest BCUT2D eigenvalue weighted by atomic mass is 16.5. The molecule has 1 saturated carbocycles. The summed E-state index contributed by atoms with van der Waals surface area (Å²) in [5.74, 6) is 1.40. The molecular weight excluding hydrogens is 386 g/mol. The quantitative estimate of drug-likeness (QED) is 0.417. The van der Waals surface area contributed by atoms with Crippen LogP contribution in [0.3, 0.4) is 0 Å². The van der Waals surface area contributed by atoms with Gasteiger partial charge in [0, 0.05) is 19.4 Å². The minimum Gasteiger partial charge on any atom is -0.381 e. The number of Topliss-reactive ketones (excluding diaryl/α,β-unsaturated/α-hetero) is 1. The fourth-order valence-electron chi connectivity index (χ4n) is 3.92. The van der Waals surface area contributed by atoms with E-state index in [0.29, 0.717) is 13.0 Å². The lowest BCUT2D eigenvalue weighted by molar-refractivity contribution is -0.130. The molecule has 1 aliphatic heterocycles. The molecule has 1 N–H and O–H groups in total. The molecule has 3 atom stereocenters. The zero-order valence-corrected chi connectivity index (χ0v) is 21.8. The van der Waals surface area contributed by atoms with Crippen molar-refractivity contribution in [2.75, 3.05) is 27.3 Å². The van der Waals surface area contributed by atoms with Gasteiger partial charge in [-0.2, -0.15) is 0 Å². The third kappa shape index (κ3) is 11.8. The lowest BCUT2D eigenvalue weighted by atomic mass is 9.86. The molecule has 0 bridgehead atoms. The molecule has 0 aromatic carbocycles. The number of carbonyl (C=O) groups excluding carboxylic acids is 1. The van der Waals surface area contributed by atoms with Crippen LogP contribution in [0.25, 0.3) is 0 Å². The molecule has 4 nitrogen and oxygen atoms in total. The smallest absolute Gasteiger partial charge is 0.161 e. The van der Waals surface area contributed by atoms with E-state index in [0.717, 1.165) is 18.8 Å². The monoisotopic (exact) mass is 437 g/mol. The fourth-order valence-corrected chi connectivity index (χ4v) is 3.92. The van der Waals surface area contributed by atoms with Crippen LogP contribution in [0, 0.1) is 11.8 Å². The Labute approximate surface area is 193 Å². The van der Waals surface area contributed by atoms with Crippen molar-refractivity contribution in [2.24, 2.45) is 11.8 Å². The van der Waals surface area contributed by atoms with Crippen LogP contribution in [-0.4, -0.2) is 45.3 Å². The molecule has 1 saturated heterocycles. The molecule has 2 aliphatic rings. The molecule has 0 aromatic rings. The van der Waals surface area contributed by atoms with E-state index >= 15 is 0 Å². The lowest BCUT2D eigenvalue weighted by Crippen LogP contribution is -2.25. The molecule has 0 radical (unpaired) electrons. The minimum absolute atomic E-state index is 0.0271. The van der Waals surface area contributed by atoms with Crippen LogP contribution in [0.1, 0.15) is 80.1 Å². The maximum atomic E-state index is 12.0. The van der Waals surface area contributed by atoms with Crippen molar-refractivity contribution in [2.45, 2.75) is 92.3 Å². The summed E-state index contributed by atoms with van der Waals surface area (Å²) < 4.78 is 11.0. The number of hydrogen-bond donors (Lipinski definition) is 1. The zero-order valence-electron chi connectivity index (χ0n) is 21.8. The van der Waals surface area contributed by atoms with Crippen LogP contribution in [0.2, 0.25) is 0 Å². The number of carbonyl (C=O) groups is 1. The molecular formula is C27H51NO3. The first-order valence-electron chi connectivity index (χ1n) is 12.2. The number of methoxy groups -OCH3 is 1. The van der Waals surface area contributed by atoms with Gasteiger partial charge in [0.25, 0.3) is 0 Å². The molecule has 2 fully saturated rings. The van der Waals surface area contributed by atoms with E-state index < -0.39 is 0 Å². The maximum Gasteiger partial charge on any atom is 0.161 e. The normalized spacial score (nSPS) is 24.1. The molecule has 0 spiro atoms. The average Bonchev–Trinajstić information content (AvgIpc) is 3.07. The van der Waals surface area contributed by atoms with Gasteiger partial charge in [0.15, 0.2) is 5.78 Å². The van der Waals surface area contributed by atoms with Crippen LogP contribution in [0.5, 0.6) is 0 Å². The van der Waals surface area contributed by atoms with E-state index in [-0.39, 0.29) is 23.9 Å². The van der Waals surface area contributed by atoms with Gasteiger partial charge in [0.05, 0.1) is 12.7 Å². The second-order valence-corrected chi connectivity index (χ2v) is 7.75. The Kier molecular flexibility index (Phi) is 21.3. The molecule has 1 aliphatic carbocycles. The van der Waals surface area contributed by atoms with Crippen molar-refractivity contribution in [3.8, 4) is 0 Å². The standard InChI is InChI=1S/C17H28O3.C6H13N.C2H6.C2H4/c1-6-9-14(10-8-11-19-5)16-12(3)17(15(18)7-2)20-13(16)4;1-7-5-6-3-2-4-6;2*1-2/h8,10,12-13,17H,6-7,9,11H2,1-5H3;6-7H,2-5H2,1H3;1-2H3;1-2H2/b10-8-,16-14-;;;. The highest BCUT2D eigenvalue weighted by molar-refractivity contribution is 5.84. The second-order valence-electron chi connectivity index (χ2n) is 7.75. The predicted octanol–water partition coefficient (Wildman–Crippen LogP) is 6.52. The first kappa shape index (κ1) is 32.0. The molecule has 3 unspecified atom stereocenters. The number of hydrogen-bond acceptors (Lipinski definition) is 4. The minimum atomic E-state index is -0.271. The van der Waals surface area contributed by atoms with Gasteiger partial charge in [-0.15, -0.1) is 13.2 Å². The van der Waals surface area contributed by atoms with Gasteiger partial charge in [0.1, 0.15) is 6.10 Å². The van der Waals surface area contributed by atoms with Gasteiger partial charge in [0.2, 0.25) is 0 Å². The number of rotatable bonds is 9. The Hall–Kier alpha value is -1.23. The fraction of sp³-hybridized carbons (Fsp3) is 0.741.